The van der Waals surface area contributed by atoms with Gasteiger partial charge in [0.25, 0.3) is 5.56 Å². The van der Waals surface area contributed by atoms with Crippen LogP contribution in [0.25, 0.3) is 22.2 Å². The lowest BCUT2D eigenvalue weighted by molar-refractivity contribution is 0.283. The third kappa shape index (κ3) is 3.94. The number of para-hydroxylation sites is 1. The molecule has 4 rings (SSSR count). The van der Waals surface area contributed by atoms with Crippen molar-refractivity contribution in [1.29, 1.82) is 0 Å². The van der Waals surface area contributed by atoms with Gasteiger partial charge >= 0.3 is 0 Å². The van der Waals surface area contributed by atoms with Gasteiger partial charge in [0.05, 0.1) is 24.0 Å². The van der Waals surface area contributed by atoms with Gasteiger partial charge in [-0.05, 0) is 55.6 Å². The SMILES string of the molecule is CN(Cc1nc2ccccc2c(=O)[nH]1)Cc1ccc(-c2ccc(Cl)cc2)o1. The van der Waals surface area contributed by atoms with Gasteiger partial charge in [-0.3, -0.25) is 9.69 Å². The van der Waals surface area contributed by atoms with E-state index < -0.39 is 0 Å². The Morgan fingerprint density at radius 1 is 1.04 bits per heavy atom. The second-order valence-electron chi connectivity index (χ2n) is 6.47. The van der Waals surface area contributed by atoms with E-state index in [4.69, 9.17) is 16.0 Å². The lowest BCUT2D eigenvalue weighted by Gasteiger charge is -2.14. The summed E-state index contributed by atoms with van der Waals surface area (Å²) >= 11 is 5.93. The van der Waals surface area contributed by atoms with Crippen molar-refractivity contribution in [1.82, 2.24) is 14.9 Å². The lowest BCUT2D eigenvalue weighted by atomic mass is 10.2. The lowest BCUT2D eigenvalue weighted by Crippen LogP contribution is -2.21. The van der Waals surface area contributed by atoms with Gasteiger partial charge < -0.3 is 9.40 Å². The Balaban J connectivity index is 1.48. The molecule has 27 heavy (non-hydrogen) atoms. The van der Waals surface area contributed by atoms with Crippen molar-refractivity contribution in [2.75, 3.05) is 7.05 Å². The van der Waals surface area contributed by atoms with Gasteiger partial charge in [0.15, 0.2) is 0 Å². The molecule has 136 valence electrons. The van der Waals surface area contributed by atoms with Crippen molar-refractivity contribution in [3.05, 3.63) is 87.6 Å². The summed E-state index contributed by atoms with van der Waals surface area (Å²) in [6, 6.07) is 18.8. The van der Waals surface area contributed by atoms with Gasteiger partial charge in [-0.2, -0.15) is 0 Å². The topological polar surface area (TPSA) is 62.1 Å². The van der Waals surface area contributed by atoms with E-state index in [9.17, 15) is 4.79 Å². The number of fused-ring (bicyclic) bond motifs is 1. The highest BCUT2D eigenvalue weighted by atomic mass is 35.5. The molecule has 0 unspecified atom stereocenters. The Kier molecular flexibility index (Phi) is 4.79. The number of hydrogen-bond donors (Lipinski definition) is 1. The normalized spacial score (nSPS) is 11.4. The van der Waals surface area contributed by atoms with Crippen LogP contribution >= 0.6 is 11.6 Å². The van der Waals surface area contributed by atoms with Crippen molar-refractivity contribution in [2.45, 2.75) is 13.1 Å². The molecular weight excluding hydrogens is 362 g/mol. The number of benzene rings is 2. The molecule has 0 aliphatic carbocycles. The minimum absolute atomic E-state index is 0.118. The molecule has 2 aromatic carbocycles. The number of nitrogens with zero attached hydrogens (tertiary/aromatic N) is 2. The van der Waals surface area contributed by atoms with Gasteiger partial charge in [-0.15, -0.1) is 0 Å². The number of furan rings is 1. The average Bonchev–Trinajstić information content (AvgIpc) is 3.10. The molecule has 0 amide bonds. The standard InChI is InChI=1S/C21H18ClN3O2/c1-25(13-20-23-18-5-3-2-4-17(18)21(26)24-20)12-16-10-11-19(27-16)14-6-8-15(22)9-7-14/h2-11H,12-13H2,1H3,(H,23,24,26). The summed E-state index contributed by atoms with van der Waals surface area (Å²) in [5.74, 6) is 2.27. The van der Waals surface area contributed by atoms with Crippen molar-refractivity contribution >= 4 is 22.5 Å². The van der Waals surface area contributed by atoms with Crippen molar-refractivity contribution in [3.8, 4) is 11.3 Å². The molecule has 5 nitrogen and oxygen atoms in total. The minimum Gasteiger partial charge on any atom is -0.460 e. The molecule has 0 saturated carbocycles. The fraction of sp³-hybridized carbons (Fsp3) is 0.143. The fourth-order valence-corrected chi connectivity index (χ4v) is 3.15. The quantitative estimate of drug-likeness (QED) is 0.555. The predicted molar refractivity (Wildman–Crippen MR) is 107 cm³/mol. The minimum atomic E-state index is -0.118. The number of nitrogens with one attached hydrogen (secondary N) is 1. The summed E-state index contributed by atoms with van der Waals surface area (Å²) in [4.78, 5) is 21.6. The highest BCUT2D eigenvalue weighted by Crippen LogP contribution is 2.24. The number of aromatic nitrogens is 2. The Morgan fingerprint density at radius 2 is 1.81 bits per heavy atom. The first-order chi connectivity index (χ1) is 13.1. The molecule has 0 atom stereocenters. The number of H-pyrrole nitrogens is 1. The molecule has 4 aromatic rings. The summed E-state index contributed by atoms with van der Waals surface area (Å²) < 4.78 is 5.93. The maximum atomic E-state index is 12.2. The third-order valence-electron chi connectivity index (χ3n) is 4.30. The third-order valence-corrected chi connectivity index (χ3v) is 4.55. The van der Waals surface area contributed by atoms with Crippen molar-refractivity contribution in [2.24, 2.45) is 0 Å². The first-order valence-corrected chi connectivity index (χ1v) is 8.97. The van der Waals surface area contributed by atoms with E-state index in [2.05, 4.69) is 9.97 Å². The molecule has 0 fully saturated rings. The molecule has 0 aliphatic heterocycles. The smallest absolute Gasteiger partial charge is 0.258 e. The van der Waals surface area contributed by atoms with Gasteiger partial charge in [0, 0.05) is 10.6 Å². The van der Waals surface area contributed by atoms with Crippen LogP contribution in [0.4, 0.5) is 0 Å². The van der Waals surface area contributed by atoms with Gasteiger partial charge in [0.1, 0.15) is 17.3 Å². The molecule has 0 aliphatic rings. The van der Waals surface area contributed by atoms with Crippen LogP contribution in [0.3, 0.4) is 0 Å². The molecule has 0 radical (unpaired) electrons. The largest absolute Gasteiger partial charge is 0.460 e. The maximum Gasteiger partial charge on any atom is 0.258 e. The van der Waals surface area contributed by atoms with Crippen LogP contribution < -0.4 is 5.56 Å². The highest BCUT2D eigenvalue weighted by Gasteiger charge is 2.10. The summed E-state index contributed by atoms with van der Waals surface area (Å²) in [7, 11) is 1.96. The highest BCUT2D eigenvalue weighted by molar-refractivity contribution is 6.30. The number of aromatic amines is 1. The fourth-order valence-electron chi connectivity index (χ4n) is 3.02. The second kappa shape index (κ2) is 7.39. The maximum absolute atomic E-state index is 12.2. The van der Waals surface area contributed by atoms with Gasteiger partial charge in [-0.1, -0.05) is 23.7 Å². The van der Waals surface area contributed by atoms with Crippen LogP contribution in [0.1, 0.15) is 11.6 Å². The zero-order valence-corrected chi connectivity index (χ0v) is 15.5. The van der Waals surface area contributed by atoms with E-state index in [-0.39, 0.29) is 5.56 Å². The van der Waals surface area contributed by atoms with Crippen LogP contribution in [0.15, 0.2) is 69.9 Å². The summed E-state index contributed by atoms with van der Waals surface area (Å²) in [6.45, 7) is 1.11. The Hall–Kier alpha value is -2.89. The predicted octanol–water partition coefficient (Wildman–Crippen LogP) is 4.47. The number of hydrogen-bond acceptors (Lipinski definition) is 4. The van der Waals surface area contributed by atoms with Gasteiger partial charge in [-0.25, -0.2) is 4.98 Å². The van der Waals surface area contributed by atoms with Crippen LogP contribution in [0.2, 0.25) is 5.02 Å². The second-order valence-corrected chi connectivity index (χ2v) is 6.91. The van der Waals surface area contributed by atoms with E-state index in [1.165, 1.54) is 0 Å². The van der Waals surface area contributed by atoms with Crippen molar-refractivity contribution < 1.29 is 4.42 Å². The molecule has 0 saturated heterocycles. The van der Waals surface area contributed by atoms with Crippen LogP contribution in [0, 0.1) is 0 Å². The Bertz CT molecular complexity index is 1130. The summed E-state index contributed by atoms with van der Waals surface area (Å²) in [6.07, 6.45) is 0. The van der Waals surface area contributed by atoms with Crippen LogP contribution in [0.5, 0.6) is 0 Å². The molecule has 0 bridgehead atoms. The molecular formula is C21H18ClN3O2. The number of halogens is 1. The van der Waals surface area contributed by atoms with E-state index in [0.717, 1.165) is 17.1 Å². The van der Waals surface area contributed by atoms with E-state index in [0.29, 0.717) is 34.8 Å². The van der Waals surface area contributed by atoms with Crippen molar-refractivity contribution in [3.63, 3.8) is 0 Å². The van der Waals surface area contributed by atoms with E-state index in [1.54, 1.807) is 6.07 Å². The van der Waals surface area contributed by atoms with Crippen LogP contribution in [-0.2, 0) is 13.1 Å². The van der Waals surface area contributed by atoms with E-state index in [1.807, 2.05) is 66.5 Å². The first kappa shape index (κ1) is 17.5. The monoisotopic (exact) mass is 379 g/mol. The summed E-state index contributed by atoms with van der Waals surface area (Å²) in [5.41, 5.74) is 1.56. The Morgan fingerprint density at radius 3 is 2.63 bits per heavy atom. The molecule has 1 N–H and O–H groups in total. The molecule has 2 heterocycles. The zero-order valence-electron chi connectivity index (χ0n) is 14.8. The summed E-state index contributed by atoms with van der Waals surface area (Å²) in [5, 5.41) is 1.30. The average molecular weight is 380 g/mol. The molecule has 2 aromatic heterocycles. The van der Waals surface area contributed by atoms with Crippen LogP contribution in [-0.4, -0.2) is 21.9 Å². The zero-order chi connectivity index (χ0) is 18.8. The molecule has 0 spiro atoms. The first-order valence-electron chi connectivity index (χ1n) is 8.59. The Labute approximate surface area is 161 Å². The number of rotatable bonds is 5. The van der Waals surface area contributed by atoms with Gasteiger partial charge in [0.2, 0.25) is 0 Å². The van der Waals surface area contributed by atoms with E-state index >= 15 is 0 Å². The molecule has 6 heteroatoms.